The summed E-state index contributed by atoms with van der Waals surface area (Å²) in [5, 5.41) is 13.5. The van der Waals surface area contributed by atoms with Crippen molar-refractivity contribution in [3.8, 4) is 6.07 Å². The highest BCUT2D eigenvalue weighted by Gasteiger charge is 2.39. The minimum absolute atomic E-state index is 0.239. The van der Waals surface area contributed by atoms with Crippen molar-refractivity contribution in [2.45, 2.75) is 76.1 Å². The highest BCUT2D eigenvalue weighted by atomic mass is 32.2. The minimum atomic E-state index is -0.239. The molecular weight excluding hydrogens is 228 g/mol. The van der Waals surface area contributed by atoms with Crippen LogP contribution in [0.25, 0.3) is 0 Å². The Bertz CT molecular complexity index is 259. The van der Waals surface area contributed by atoms with Crippen molar-refractivity contribution in [3.05, 3.63) is 0 Å². The van der Waals surface area contributed by atoms with Gasteiger partial charge in [0.05, 0.1) is 6.07 Å². The van der Waals surface area contributed by atoms with Crippen LogP contribution in [0.3, 0.4) is 0 Å². The van der Waals surface area contributed by atoms with Crippen molar-refractivity contribution in [1.82, 2.24) is 5.32 Å². The van der Waals surface area contributed by atoms with Crippen LogP contribution in [0, 0.1) is 11.3 Å². The van der Waals surface area contributed by atoms with Crippen molar-refractivity contribution in [2.24, 2.45) is 0 Å². The predicted octanol–water partition coefficient (Wildman–Crippen LogP) is 3.72. The van der Waals surface area contributed by atoms with Gasteiger partial charge >= 0.3 is 0 Å². The molecule has 0 aromatic carbocycles. The number of nitrogens with zero attached hydrogens (tertiary/aromatic N) is 1. The quantitative estimate of drug-likeness (QED) is 0.703. The Morgan fingerprint density at radius 3 is 2.82 bits per heavy atom. The summed E-state index contributed by atoms with van der Waals surface area (Å²) in [5.41, 5.74) is -0.239. The molecule has 17 heavy (non-hydrogen) atoms. The minimum Gasteiger partial charge on any atom is -0.297 e. The zero-order valence-corrected chi connectivity index (χ0v) is 12.3. The Morgan fingerprint density at radius 1 is 1.47 bits per heavy atom. The molecule has 0 aromatic heterocycles. The summed E-state index contributed by atoms with van der Waals surface area (Å²) >= 11 is 2.08. The molecule has 0 heterocycles. The van der Waals surface area contributed by atoms with Crippen molar-refractivity contribution in [2.75, 3.05) is 5.75 Å². The topological polar surface area (TPSA) is 35.8 Å². The normalized spacial score (nSPS) is 28.5. The Kier molecular flexibility index (Phi) is 6.37. The third kappa shape index (κ3) is 4.89. The third-order valence-corrected chi connectivity index (χ3v) is 4.75. The first-order valence-corrected chi connectivity index (χ1v) is 7.97. The van der Waals surface area contributed by atoms with Gasteiger partial charge in [-0.25, -0.2) is 0 Å². The summed E-state index contributed by atoms with van der Waals surface area (Å²) in [6.45, 7) is 6.50. The first-order valence-electron chi connectivity index (χ1n) is 6.92. The molecule has 1 fully saturated rings. The molecule has 0 saturated heterocycles. The second-order valence-electron chi connectivity index (χ2n) is 5.44. The highest BCUT2D eigenvalue weighted by Crippen LogP contribution is 2.37. The van der Waals surface area contributed by atoms with E-state index in [4.69, 9.17) is 0 Å². The molecule has 0 spiro atoms. The molecule has 2 nitrogen and oxygen atoms in total. The van der Waals surface area contributed by atoms with E-state index >= 15 is 0 Å². The van der Waals surface area contributed by atoms with Crippen LogP contribution in [-0.4, -0.2) is 22.6 Å². The predicted molar refractivity (Wildman–Crippen MR) is 76.2 cm³/mol. The van der Waals surface area contributed by atoms with Crippen LogP contribution >= 0.6 is 11.8 Å². The van der Waals surface area contributed by atoms with E-state index in [0.29, 0.717) is 11.3 Å². The molecule has 2 unspecified atom stereocenters. The number of nitriles is 1. The van der Waals surface area contributed by atoms with Gasteiger partial charge < -0.3 is 0 Å². The summed E-state index contributed by atoms with van der Waals surface area (Å²) in [4.78, 5) is 0. The van der Waals surface area contributed by atoms with Gasteiger partial charge in [0, 0.05) is 11.3 Å². The molecule has 0 bridgehead atoms. The van der Waals surface area contributed by atoms with E-state index in [1.165, 1.54) is 31.4 Å². The second-order valence-corrected chi connectivity index (χ2v) is 6.84. The number of hydrogen-bond acceptors (Lipinski definition) is 3. The Hall–Kier alpha value is -0.200. The van der Waals surface area contributed by atoms with Crippen LogP contribution in [0.1, 0.15) is 59.3 Å². The van der Waals surface area contributed by atoms with Gasteiger partial charge in [0.2, 0.25) is 0 Å². The summed E-state index contributed by atoms with van der Waals surface area (Å²) in [7, 11) is 0. The number of hydrogen-bond donors (Lipinski definition) is 1. The SMILES string of the molecule is CCCCCSC1CCC(C#N)(NC(C)C)C1. The number of rotatable bonds is 7. The smallest absolute Gasteiger partial charge is 0.108 e. The molecule has 1 rings (SSSR count). The van der Waals surface area contributed by atoms with E-state index in [1.807, 2.05) is 0 Å². The highest BCUT2D eigenvalue weighted by molar-refractivity contribution is 7.99. The average molecular weight is 254 g/mol. The van der Waals surface area contributed by atoms with Gasteiger partial charge in [-0.2, -0.15) is 17.0 Å². The maximum atomic E-state index is 9.37. The maximum absolute atomic E-state index is 9.37. The fourth-order valence-corrected chi connectivity index (χ4v) is 3.95. The van der Waals surface area contributed by atoms with E-state index in [0.717, 1.165) is 12.8 Å². The molecule has 1 saturated carbocycles. The lowest BCUT2D eigenvalue weighted by molar-refractivity contribution is 0.386. The van der Waals surface area contributed by atoms with Gasteiger partial charge in [0.1, 0.15) is 5.54 Å². The van der Waals surface area contributed by atoms with Gasteiger partial charge in [-0.3, -0.25) is 5.32 Å². The third-order valence-electron chi connectivity index (χ3n) is 3.35. The van der Waals surface area contributed by atoms with Crippen molar-refractivity contribution < 1.29 is 0 Å². The molecule has 98 valence electrons. The van der Waals surface area contributed by atoms with Crippen LogP contribution in [-0.2, 0) is 0 Å². The lowest BCUT2D eigenvalue weighted by Crippen LogP contribution is -2.45. The van der Waals surface area contributed by atoms with Gasteiger partial charge in [0.15, 0.2) is 0 Å². The molecule has 1 aliphatic rings. The first kappa shape index (κ1) is 14.9. The van der Waals surface area contributed by atoms with E-state index < -0.39 is 0 Å². The summed E-state index contributed by atoms with van der Waals surface area (Å²) < 4.78 is 0. The zero-order valence-electron chi connectivity index (χ0n) is 11.5. The van der Waals surface area contributed by atoms with E-state index in [9.17, 15) is 5.26 Å². The van der Waals surface area contributed by atoms with Crippen LogP contribution in [0.4, 0.5) is 0 Å². The average Bonchev–Trinajstić information content (AvgIpc) is 2.68. The molecule has 2 atom stereocenters. The van der Waals surface area contributed by atoms with Crippen LogP contribution in [0.5, 0.6) is 0 Å². The van der Waals surface area contributed by atoms with E-state index in [-0.39, 0.29) is 5.54 Å². The molecule has 0 aromatic rings. The molecule has 0 aliphatic heterocycles. The summed E-state index contributed by atoms with van der Waals surface area (Å²) in [5.74, 6) is 1.27. The molecule has 1 N–H and O–H groups in total. The van der Waals surface area contributed by atoms with E-state index in [2.05, 4.69) is 43.9 Å². The van der Waals surface area contributed by atoms with Crippen LogP contribution in [0.2, 0.25) is 0 Å². The van der Waals surface area contributed by atoms with Crippen LogP contribution < -0.4 is 5.32 Å². The maximum Gasteiger partial charge on any atom is 0.108 e. The Morgan fingerprint density at radius 2 is 2.24 bits per heavy atom. The zero-order chi connectivity index (χ0) is 12.7. The van der Waals surface area contributed by atoms with Gasteiger partial charge in [-0.15, -0.1) is 0 Å². The first-order chi connectivity index (χ1) is 8.12. The number of nitrogens with one attached hydrogen (secondary N) is 1. The molecule has 0 radical (unpaired) electrons. The summed E-state index contributed by atoms with van der Waals surface area (Å²) in [6.07, 6.45) is 7.21. The lowest BCUT2D eigenvalue weighted by atomic mass is 9.99. The van der Waals surface area contributed by atoms with Crippen molar-refractivity contribution in [1.29, 1.82) is 5.26 Å². The Labute approximate surface area is 111 Å². The monoisotopic (exact) mass is 254 g/mol. The van der Waals surface area contributed by atoms with Gasteiger partial charge in [-0.1, -0.05) is 19.8 Å². The van der Waals surface area contributed by atoms with Gasteiger partial charge in [0.25, 0.3) is 0 Å². The summed E-state index contributed by atoms with van der Waals surface area (Å²) in [6, 6.07) is 2.92. The second kappa shape index (κ2) is 7.28. The number of thioether (sulfide) groups is 1. The molecule has 3 heteroatoms. The Balaban J connectivity index is 2.32. The molecule has 0 amide bonds. The molecule has 1 aliphatic carbocycles. The van der Waals surface area contributed by atoms with Crippen molar-refractivity contribution in [3.63, 3.8) is 0 Å². The van der Waals surface area contributed by atoms with Crippen LogP contribution in [0.15, 0.2) is 0 Å². The fraction of sp³-hybridized carbons (Fsp3) is 0.929. The fourth-order valence-electron chi connectivity index (χ4n) is 2.56. The van der Waals surface area contributed by atoms with E-state index in [1.54, 1.807) is 0 Å². The standard InChI is InChI=1S/C14H26N2S/c1-4-5-6-9-17-13-7-8-14(10-13,11-15)16-12(2)3/h12-13,16H,4-10H2,1-3H3. The number of unbranched alkanes of at least 4 members (excludes halogenated alkanes) is 2. The lowest BCUT2D eigenvalue weighted by Gasteiger charge is -2.25. The van der Waals surface area contributed by atoms with Crippen molar-refractivity contribution >= 4 is 11.8 Å². The largest absolute Gasteiger partial charge is 0.297 e. The molecular formula is C14H26N2S. The van der Waals surface area contributed by atoms with Gasteiger partial charge in [-0.05, 0) is 45.3 Å².